The molecular formula is C31H31N. The Balaban J connectivity index is 1.59. The first-order valence-corrected chi connectivity index (χ1v) is 11.3. The van der Waals surface area contributed by atoms with Gasteiger partial charge in [0.15, 0.2) is 0 Å². The molecule has 1 atom stereocenters. The predicted molar refractivity (Wildman–Crippen MR) is 138 cm³/mol. The van der Waals surface area contributed by atoms with E-state index < -0.39 is 0 Å². The van der Waals surface area contributed by atoms with Gasteiger partial charge in [-0.25, -0.2) is 0 Å². The minimum atomic E-state index is 0.434. The molecule has 0 heterocycles. The Morgan fingerprint density at radius 3 is 2.44 bits per heavy atom. The molecule has 0 amide bonds. The maximum absolute atomic E-state index is 4.41. The highest BCUT2D eigenvalue weighted by Gasteiger charge is 2.11. The number of hydrogen-bond donors (Lipinski definition) is 1. The lowest BCUT2D eigenvalue weighted by molar-refractivity contribution is 0.844. The monoisotopic (exact) mass is 417 g/mol. The van der Waals surface area contributed by atoms with E-state index in [-0.39, 0.29) is 0 Å². The summed E-state index contributed by atoms with van der Waals surface area (Å²) in [6.45, 7) is 9.46. The summed E-state index contributed by atoms with van der Waals surface area (Å²) in [6, 6.07) is 27.9. The van der Waals surface area contributed by atoms with Crippen LogP contribution in [-0.2, 0) is 6.54 Å². The van der Waals surface area contributed by atoms with Gasteiger partial charge < -0.3 is 5.32 Å². The van der Waals surface area contributed by atoms with Crippen LogP contribution in [0.25, 0.3) is 11.3 Å². The van der Waals surface area contributed by atoms with Crippen LogP contribution < -0.4 is 5.32 Å². The number of benzene rings is 3. The van der Waals surface area contributed by atoms with Gasteiger partial charge in [0.2, 0.25) is 0 Å². The highest BCUT2D eigenvalue weighted by molar-refractivity contribution is 5.82. The van der Waals surface area contributed by atoms with Crippen LogP contribution >= 0.6 is 0 Å². The van der Waals surface area contributed by atoms with E-state index in [0.29, 0.717) is 5.92 Å². The number of rotatable bonds is 7. The van der Waals surface area contributed by atoms with Gasteiger partial charge in [-0.3, -0.25) is 0 Å². The van der Waals surface area contributed by atoms with E-state index in [0.717, 1.165) is 29.8 Å². The molecule has 32 heavy (non-hydrogen) atoms. The first-order chi connectivity index (χ1) is 15.6. The summed E-state index contributed by atoms with van der Waals surface area (Å²) >= 11 is 0. The number of allylic oxidation sites excluding steroid dienone is 6. The Kier molecular flexibility index (Phi) is 6.87. The third-order valence-corrected chi connectivity index (χ3v) is 5.98. The van der Waals surface area contributed by atoms with Gasteiger partial charge in [0.25, 0.3) is 0 Å². The number of nitrogens with one attached hydrogen (secondary N) is 1. The topological polar surface area (TPSA) is 12.0 Å². The second-order valence-electron chi connectivity index (χ2n) is 8.56. The zero-order chi connectivity index (χ0) is 22.3. The summed E-state index contributed by atoms with van der Waals surface area (Å²) < 4.78 is 0. The van der Waals surface area contributed by atoms with E-state index in [1.807, 2.05) is 6.07 Å². The van der Waals surface area contributed by atoms with Gasteiger partial charge >= 0.3 is 0 Å². The lowest BCUT2D eigenvalue weighted by Gasteiger charge is -2.17. The SMILES string of the molecule is C=C(/C=C(\NCc1ccccc1)c1ccc(C)cc1)c1cccc(C2C=CC(C)=CC2)c1. The third kappa shape index (κ3) is 5.56. The molecule has 3 aromatic carbocycles. The van der Waals surface area contributed by atoms with E-state index in [1.54, 1.807) is 0 Å². The highest BCUT2D eigenvalue weighted by atomic mass is 14.9. The Morgan fingerprint density at radius 2 is 1.72 bits per heavy atom. The smallest absolute Gasteiger partial charge is 0.0422 e. The summed E-state index contributed by atoms with van der Waals surface area (Å²) in [5, 5.41) is 3.64. The van der Waals surface area contributed by atoms with Crippen molar-refractivity contribution in [2.75, 3.05) is 0 Å². The molecule has 0 aliphatic heterocycles. The van der Waals surface area contributed by atoms with E-state index in [9.17, 15) is 0 Å². The second-order valence-corrected chi connectivity index (χ2v) is 8.56. The molecule has 0 bridgehead atoms. The van der Waals surface area contributed by atoms with E-state index in [1.165, 1.54) is 27.8 Å². The lowest BCUT2D eigenvalue weighted by Crippen LogP contribution is -2.12. The van der Waals surface area contributed by atoms with Crippen molar-refractivity contribution < 1.29 is 0 Å². The minimum Gasteiger partial charge on any atom is -0.380 e. The molecule has 0 aromatic heterocycles. The Morgan fingerprint density at radius 1 is 0.938 bits per heavy atom. The summed E-state index contributed by atoms with van der Waals surface area (Å²) in [7, 11) is 0. The van der Waals surface area contributed by atoms with Crippen LogP contribution in [0.5, 0.6) is 0 Å². The molecule has 4 rings (SSSR count). The van der Waals surface area contributed by atoms with Crippen LogP contribution in [0.1, 0.15) is 47.1 Å². The van der Waals surface area contributed by atoms with Crippen molar-refractivity contribution in [3.05, 3.63) is 143 Å². The zero-order valence-electron chi connectivity index (χ0n) is 19.0. The molecule has 160 valence electrons. The Bertz CT molecular complexity index is 1160. The van der Waals surface area contributed by atoms with Crippen LogP contribution in [0.2, 0.25) is 0 Å². The van der Waals surface area contributed by atoms with Gasteiger partial charge in [0.1, 0.15) is 0 Å². The summed E-state index contributed by atoms with van der Waals surface area (Å²) in [4.78, 5) is 0. The van der Waals surface area contributed by atoms with Crippen molar-refractivity contribution in [1.29, 1.82) is 0 Å². The molecule has 0 radical (unpaired) electrons. The summed E-state index contributed by atoms with van der Waals surface area (Å²) in [6.07, 6.45) is 10.1. The van der Waals surface area contributed by atoms with Gasteiger partial charge in [-0.05, 0) is 54.2 Å². The first-order valence-electron chi connectivity index (χ1n) is 11.3. The lowest BCUT2D eigenvalue weighted by atomic mass is 9.89. The second kappa shape index (κ2) is 10.2. The van der Waals surface area contributed by atoms with Crippen LogP contribution in [0.4, 0.5) is 0 Å². The normalized spacial score (nSPS) is 15.9. The van der Waals surface area contributed by atoms with E-state index in [2.05, 4.69) is 123 Å². The van der Waals surface area contributed by atoms with Crippen molar-refractivity contribution in [2.45, 2.75) is 32.7 Å². The van der Waals surface area contributed by atoms with E-state index in [4.69, 9.17) is 0 Å². The van der Waals surface area contributed by atoms with Crippen LogP contribution in [-0.4, -0.2) is 0 Å². The van der Waals surface area contributed by atoms with Crippen LogP contribution in [0.15, 0.2) is 115 Å². The molecule has 1 aliphatic carbocycles. The van der Waals surface area contributed by atoms with Gasteiger partial charge in [0.05, 0.1) is 0 Å². The average Bonchev–Trinajstić information content (AvgIpc) is 2.83. The van der Waals surface area contributed by atoms with Crippen molar-refractivity contribution in [3.63, 3.8) is 0 Å². The molecule has 0 saturated heterocycles. The van der Waals surface area contributed by atoms with Crippen molar-refractivity contribution >= 4 is 11.3 Å². The highest BCUT2D eigenvalue weighted by Crippen LogP contribution is 2.29. The van der Waals surface area contributed by atoms with Crippen LogP contribution in [0.3, 0.4) is 0 Å². The first kappa shape index (κ1) is 21.6. The maximum atomic E-state index is 4.41. The molecule has 0 spiro atoms. The Labute approximate surface area is 192 Å². The zero-order valence-corrected chi connectivity index (χ0v) is 19.0. The maximum Gasteiger partial charge on any atom is 0.0422 e. The van der Waals surface area contributed by atoms with Gasteiger partial charge in [-0.15, -0.1) is 0 Å². The summed E-state index contributed by atoms with van der Waals surface area (Å²) in [5.41, 5.74) is 9.61. The van der Waals surface area contributed by atoms with Crippen molar-refractivity contribution in [2.24, 2.45) is 0 Å². The van der Waals surface area contributed by atoms with E-state index >= 15 is 0 Å². The largest absolute Gasteiger partial charge is 0.380 e. The molecule has 1 heteroatoms. The predicted octanol–water partition coefficient (Wildman–Crippen LogP) is 7.83. The fraction of sp³-hybridized carbons (Fsp3) is 0.161. The molecule has 1 aliphatic rings. The molecule has 0 fully saturated rings. The average molecular weight is 418 g/mol. The molecule has 0 saturated carbocycles. The molecule has 1 nitrogen and oxygen atoms in total. The standard InChI is InChI=1S/C31H31N/c1-23-12-16-27(17-13-23)30-11-7-10-29(21-30)25(3)20-31(28-18-14-24(2)15-19-28)32-22-26-8-5-4-6-9-26/h4-16,18-21,27,32H,3,17,22H2,1-2H3/b31-20-. The number of aryl methyl sites for hydroxylation is 1. The van der Waals surface area contributed by atoms with Crippen LogP contribution in [0, 0.1) is 6.92 Å². The number of hydrogen-bond acceptors (Lipinski definition) is 1. The molecule has 1 N–H and O–H groups in total. The third-order valence-electron chi connectivity index (χ3n) is 5.98. The molecular weight excluding hydrogens is 386 g/mol. The van der Waals surface area contributed by atoms with Crippen molar-refractivity contribution in [1.82, 2.24) is 5.32 Å². The Hall–Kier alpha value is -3.58. The van der Waals surface area contributed by atoms with Crippen molar-refractivity contribution in [3.8, 4) is 0 Å². The fourth-order valence-corrected chi connectivity index (χ4v) is 3.96. The van der Waals surface area contributed by atoms with Gasteiger partial charge in [-0.1, -0.05) is 115 Å². The van der Waals surface area contributed by atoms with Gasteiger partial charge in [0, 0.05) is 18.2 Å². The fourth-order valence-electron chi connectivity index (χ4n) is 3.96. The van der Waals surface area contributed by atoms with Gasteiger partial charge in [-0.2, -0.15) is 0 Å². The summed E-state index contributed by atoms with van der Waals surface area (Å²) in [5.74, 6) is 0.434. The molecule has 3 aromatic rings. The molecule has 1 unspecified atom stereocenters. The quantitative estimate of drug-likeness (QED) is 0.386. The minimum absolute atomic E-state index is 0.434.